The smallest absolute Gasteiger partial charge is 0.251 e. The van der Waals surface area contributed by atoms with E-state index in [1.807, 2.05) is 42.5 Å². The predicted octanol–water partition coefficient (Wildman–Crippen LogP) is 2.95. The number of carbonyl (C=O) groups excluding carboxylic acids is 1. The van der Waals surface area contributed by atoms with Crippen LogP contribution in [0.25, 0.3) is 22.2 Å². The Morgan fingerprint density at radius 2 is 2.04 bits per heavy atom. The van der Waals surface area contributed by atoms with E-state index in [9.17, 15) is 4.79 Å². The van der Waals surface area contributed by atoms with Gasteiger partial charge >= 0.3 is 0 Å². The third kappa shape index (κ3) is 2.90. The zero-order valence-corrected chi connectivity index (χ0v) is 12.7. The third-order valence-electron chi connectivity index (χ3n) is 4.21. The molecule has 5 heteroatoms. The highest BCUT2D eigenvalue weighted by Gasteiger charge is 2.21. The Morgan fingerprint density at radius 1 is 1.22 bits per heavy atom. The van der Waals surface area contributed by atoms with Crippen LogP contribution in [0.15, 0.2) is 42.5 Å². The van der Waals surface area contributed by atoms with E-state index in [0.29, 0.717) is 17.4 Å². The third-order valence-corrected chi connectivity index (χ3v) is 4.21. The summed E-state index contributed by atoms with van der Waals surface area (Å²) in [7, 11) is 0. The fourth-order valence-electron chi connectivity index (χ4n) is 2.71. The molecular weight excluding hydrogens is 288 g/mol. The molecule has 1 amide bonds. The van der Waals surface area contributed by atoms with E-state index in [1.165, 1.54) is 12.8 Å². The Balaban J connectivity index is 1.61. The number of hydrogen-bond donors (Lipinski definition) is 3. The van der Waals surface area contributed by atoms with E-state index < -0.39 is 0 Å². The summed E-state index contributed by atoms with van der Waals surface area (Å²) in [6, 6.07) is 13.6. The van der Waals surface area contributed by atoms with Crippen LogP contribution in [-0.2, 0) is 0 Å². The monoisotopic (exact) mass is 306 g/mol. The van der Waals surface area contributed by atoms with E-state index in [4.69, 9.17) is 5.73 Å². The number of amides is 1. The molecule has 0 bridgehead atoms. The minimum atomic E-state index is -0.00869. The number of aromatic amines is 1. The maximum absolute atomic E-state index is 12.2. The quantitative estimate of drug-likeness (QED) is 0.693. The van der Waals surface area contributed by atoms with Crippen LogP contribution < -0.4 is 11.1 Å². The lowest BCUT2D eigenvalue weighted by molar-refractivity contribution is 0.0952. The van der Waals surface area contributed by atoms with E-state index in [2.05, 4.69) is 15.3 Å². The van der Waals surface area contributed by atoms with Gasteiger partial charge in [0.1, 0.15) is 0 Å². The summed E-state index contributed by atoms with van der Waals surface area (Å²) in [5, 5.41) is 3.00. The van der Waals surface area contributed by atoms with Crippen molar-refractivity contribution in [1.29, 1.82) is 0 Å². The van der Waals surface area contributed by atoms with Gasteiger partial charge in [-0.15, -0.1) is 0 Å². The summed E-state index contributed by atoms with van der Waals surface area (Å²) in [6.07, 6.45) is 2.46. The Bertz CT molecular complexity index is 880. The zero-order valence-electron chi connectivity index (χ0n) is 12.7. The van der Waals surface area contributed by atoms with Crippen LogP contribution in [0.5, 0.6) is 0 Å². The predicted molar refractivity (Wildman–Crippen MR) is 91.0 cm³/mol. The van der Waals surface area contributed by atoms with E-state index >= 15 is 0 Å². The van der Waals surface area contributed by atoms with E-state index in [1.54, 1.807) is 0 Å². The summed E-state index contributed by atoms with van der Waals surface area (Å²) in [6.45, 7) is 0.780. The van der Waals surface area contributed by atoms with Crippen molar-refractivity contribution in [2.45, 2.75) is 12.8 Å². The largest absolute Gasteiger partial charge is 0.369 e. The summed E-state index contributed by atoms with van der Waals surface area (Å²) >= 11 is 0. The molecule has 0 unspecified atom stereocenters. The maximum Gasteiger partial charge on any atom is 0.251 e. The molecule has 0 atom stereocenters. The molecule has 116 valence electrons. The van der Waals surface area contributed by atoms with Crippen molar-refractivity contribution < 1.29 is 4.79 Å². The fraction of sp³-hybridized carbons (Fsp3) is 0.222. The van der Waals surface area contributed by atoms with Crippen LogP contribution in [0.1, 0.15) is 23.2 Å². The van der Waals surface area contributed by atoms with Gasteiger partial charge in [-0.25, -0.2) is 4.98 Å². The second kappa shape index (κ2) is 5.43. The van der Waals surface area contributed by atoms with Gasteiger partial charge in [0.05, 0.1) is 11.0 Å². The number of benzene rings is 2. The van der Waals surface area contributed by atoms with Crippen LogP contribution >= 0.6 is 0 Å². The lowest BCUT2D eigenvalue weighted by Gasteiger charge is -2.07. The minimum absolute atomic E-state index is 0.00869. The van der Waals surface area contributed by atoms with Crippen molar-refractivity contribution in [3.05, 3.63) is 48.0 Å². The number of carbonyl (C=O) groups is 1. The minimum Gasteiger partial charge on any atom is -0.369 e. The lowest BCUT2D eigenvalue weighted by Crippen LogP contribution is -2.25. The van der Waals surface area contributed by atoms with Gasteiger partial charge in [-0.1, -0.05) is 18.2 Å². The number of imidazole rings is 1. The van der Waals surface area contributed by atoms with Crippen LogP contribution in [0.4, 0.5) is 5.95 Å². The van der Waals surface area contributed by atoms with Crippen LogP contribution in [0.3, 0.4) is 0 Å². The number of H-pyrrole nitrogens is 1. The van der Waals surface area contributed by atoms with Gasteiger partial charge < -0.3 is 16.0 Å². The number of nitrogens with one attached hydrogen (secondary N) is 2. The molecule has 0 aliphatic heterocycles. The maximum atomic E-state index is 12.2. The molecular formula is C18H18N4O. The number of fused-ring (bicyclic) bond motifs is 1. The number of aromatic nitrogens is 2. The average molecular weight is 306 g/mol. The number of nitrogens with two attached hydrogens (primary N) is 1. The van der Waals surface area contributed by atoms with E-state index in [0.717, 1.165) is 28.7 Å². The van der Waals surface area contributed by atoms with Gasteiger partial charge in [-0.05, 0) is 54.2 Å². The molecule has 1 fully saturated rings. The zero-order chi connectivity index (χ0) is 15.8. The van der Waals surface area contributed by atoms with Crippen molar-refractivity contribution in [1.82, 2.24) is 15.3 Å². The Kier molecular flexibility index (Phi) is 3.26. The van der Waals surface area contributed by atoms with E-state index in [-0.39, 0.29) is 5.91 Å². The number of hydrogen-bond acceptors (Lipinski definition) is 3. The lowest BCUT2D eigenvalue weighted by atomic mass is 10.0. The molecule has 4 N–H and O–H groups in total. The van der Waals surface area contributed by atoms with Crippen LogP contribution in [-0.4, -0.2) is 22.4 Å². The molecule has 0 radical (unpaired) electrons. The molecule has 1 heterocycles. The van der Waals surface area contributed by atoms with Crippen LogP contribution in [0, 0.1) is 5.92 Å². The highest BCUT2D eigenvalue weighted by Crippen LogP contribution is 2.28. The van der Waals surface area contributed by atoms with Crippen molar-refractivity contribution >= 4 is 22.9 Å². The first-order valence-electron chi connectivity index (χ1n) is 7.83. The molecule has 1 aromatic heterocycles. The second-order valence-corrected chi connectivity index (χ2v) is 6.09. The Hall–Kier alpha value is -2.82. The molecule has 1 saturated carbocycles. The first-order chi connectivity index (χ1) is 11.2. The summed E-state index contributed by atoms with van der Waals surface area (Å²) < 4.78 is 0. The molecule has 0 saturated heterocycles. The standard InChI is InChI=1S/C18H18N4O/c19-18-21-15-7-6-13(9-16(15)22-18)12-2-1-3-14(8-12)17(23)20-10-11-4-5-11/h1-3,6-9,11H,4-5,10H2,(H,20,23)(H3,19,21,22). The molecule has 3 aromatic rings. The van der Waals surface area contributed by atoms with Crippen molar-refractivity contribution in [3.8, 4) is 11.1 Å². The molecule has 5 nitrogen and oxygen atoms in total. The van der Waals surface area contributed by atoms with Gasteiger partial charge in [0.2, 0.25) is 0 Å². The fourth-order valence-corrected chi connectivity index (χ4v) is 2.71. The molecule has 23 heavy (non-hydrogen) atoms. The van der Waals surface area contributed by atoms with Gasteiger partial charge in [-0.3, -0.25) is 4.79 Å². The van der Waals surface area contributed by atoms with Gasteiger partial charge in [0.15, 0.2) is 5.95 Å². The molecule has 1 aliphatic carbocycles. The first-order valence-corrected chi connectivity index (χ1v) is 7.83. The van der Waals surface area contributed by atoms with Crippen molar-refractivity contribution in [3.63, 3.8) is 0 Å². The van der Waals surface area contributed by atoms with Gasteiger partial charge in [0.25, 0.3) is 5.91 Å². The second-order valence-electron chi connectivity index (χ2n) is 6.09. The normalized spacial score (nSPS) is 14.1. The van der Waals surface area contributed by atoms with Gasteiger partial charge in [0, 0.05) is 12.1 Å². The molecule has 2 aromatic carbocycles. The number of nitrogen functional groups attached to an aromatic ring is 1. The average Bonchev–Trinajstić information content (AvgIpc) is 3.32. The highest BCUT2D eigenvalue weighted by molar-refractivity contribution is 5.95. The first kappa shape index (κ1) is 13.8. The molecule has 1 aliphatic rings. The highest BCUT2D eigenvalue weighted by atomic mass is 16.1. The Labute approximate surface area is 133 Å². The number of anilines is 1. The van der Waals surface area contributed by atoms with Crippen molar-refractivity contribution in [2.24, 2.45) is 5.92 Å². The molecule has 4 rings (SSSR count). The Morgan fingerprint density at radius 3 is 2.87 bits per heavy atom. The van der Waals surface area contributed by atoms with Crippen molar-refractivity contribution in [2.75, 3.05) is 12.3 Å². The van der Waals surface area contributed by atoms with Crippen LogP contribution in [0.2, 0.25) is 0 Å². The number of rotatable bonds is 4. The molecule has 0 spiro atoms. The SMILES string of the molecule is Nc1nc2ccc(-c3cccc(C(=O)NCC4CC4)c3)cc2[nH]1. The topological polar surface area (TPSA) is 83.8 Å². The summed E-state index contributed by atoms with van der Waals surface area (Å²) in [4.78, 5) is 19.5. The summed E-state index contributed by atoms with van der Waals surface area (Å²) in [5.74, 6) is 1.08. The summed E-state index contributed by atoms with van der Waals surface area (Å²) in [5.41, 5.74) is 10.1. The van der Waals surface area contributed by atoms with Gasteiger partial charge in [-0.2, -0.15) is 0 Å². The number of nitrogens with zero attached hydrogens (tertiary/aromatic N) is 1.